The molecule has 1 aliphatic heterocycles. The van der Waals surface area contributed by atoms with E-state index in [9.17, 15) is 23.2 Å². The number of rotatable bonds is 7. The lowest BCUT2D eigenvalue weighted by Crippen LogP contribution is -2.44. The number of halogens is 3. The van der Waals surface area contributed by atoms with Gasteiger partial charge in [0, 0.05) is 23.9 Å². The first-order chi connectivity index (χ1) is 16.3. The number of alkyl halides is 1. The van der Waals surface area contributed by atoms with Crippen LogP contribution in [-0.2, 0) is 27.4 Å². The first kappa shape index (κ1) is 23.7. The highest BCUT2D eigenvalue weighted by molar-refractivity contribution is 6.30. The standard InChI is InChI=1S/C24H22ClF2N3O4/c1-34-24(33)15-6-5-14-10-21(29(7-8-31)19(14)9-15)30-13-17(26)11-20(30)23(32)28-12-16-3-2-4-18(25)22(16)27/h2-6,8-10,17,20H,7,11-13H2,1H3,(H,28,32)/t17-,20+/m1/s1. The topological polar surface area (TPSA) is 80.6 Å². The lowest BCUT2D eigenvalue weighted by Gasteiger charge is -2.26. The minimum Gasteiger partial charge on any atom is -0.465 e. The van der Waals surface area contributed by atoms with Crippen LogP contribution in [0.4, 0.5) is 14.6 Å². The van der Waals surface area contributed by atoms with Gasteiger partial charge in [-0.15, -0.1) is 0 Å². The van der Waals surface area contributed by atoms with E-state index < -0.39 is 29.9 Å². The van der Waals surface area contributed by atoms with Crippen LogP contribution in [0.25, 0.3) is 10.9 Å². The molecule has 0 unspecified atom stereocenters. The van der Waals surface area contributed by atoms with E-state index in [1.165, 1.54) is 19.2 Å². The zero-order valence-corrected chi connectivity index (χ0v) is 19.0. The summed E-state index contributed by atoms with van der Waals surface area (Å²) < 4.78 is 35.1. The van der Waals surface area contributed by atoms with Crippen LogP contribution in [0.3, 0.4) is 0 Å². The monoisotopic (exact) mass is 489 g/mol. The Kier molecular flexibility index (Phi) is 6.83. The number of nitrogens with one attached hydrogen (secondary N) is 1. The van der Waals surface area contributed by atoms with Crippen LogP contribution in [0.15, 0.2) is 42.5 Å². The summed E-state index contributed by atoms with van der Waals surface area (Å²) in [6.45, 7) is -0.214. The molecule has 3 aromatic rings. The van der Waals surface area contributed by atoms with Crippen LogP contribution in [0.2, 0.25) is 5.02 Å². The maximum atomic E-state index is 14.5. The van der Waals surface area contributed by atoms with Gasteiger partial charge in [0.2, 0.25) is 5.91 Å². The van der Waals surface area contributed by atoms with Crippen molar-refractivity contribution in [2.75, 3.05) is 18.6 Å². The van der Waals surface area contributed by atoms with Gasteiger partial charge in [-0.05, 0) is 24.3 Å². The van der Waals surface area contributed by atoms with Gasteiger partial charge >= 0.3 is 5.97 Å². The molecule has 1 aliphatic rings. The van der Waals surface area contributed by atoms with Crippen LogP contribution >= 0.6 is 11.6 Å². The van der Waals surface area contributed by atoms with Crippen LogP contribution in [0.5, 0.6) is 0 Å². The van der Waals surface area contributed by atoms with Gasteiger partial charge in [-0.3, -0.25) is 4.79 Å². The van der Waals surface area contributed by atoms with E-state index in [2.05, 4.69) is 5.32 Å². The second-order valence-corrected chi connectivity index (χ2v) is 8.38. The molecule has 1 fully saturated rings. The van der Waals surface area contributed by atoms with Gasteiger partial charge in [0.1, 0.15) is 30.1 Å². The van der Waals surface area contributed by atoms with Crippen molar-refractivity contribution >= 4 is 46.5 Å². The summed E-state index contributed by atoms with van der Waals surface area (Å²) in [4.78, 5) is 38.0. The van der Waals surface area contributed by atoms with Gasteiger partial charge in [-0.1, -0.05) is 29.8 Å². The Bertz CT molecular complexity index is 1260. The predicted octanol–water partition coefficient (Wildman–Crippen LogP) is 3.65. The molecule has 0 spiro atoms. The SMILES string of the molecule is COC(=O)c1ccc2cc(N3C[C@H](F)C[C@H]3C(=O)NCc3cccc(Cl)c3F)n(CC=O)c2c1. The normalized spacial score (nSPS) is 17.7. The maximum absolute atomic E-state index is 14.5. The Labute approximate surface area is 199 Å². The zero-order valence-electron chi connectivity index (χ0n) is 18.3. The molecule has 4 rings (SSSR count). The molecule has 34 heavy (non-hydrogen) atoms. The minimum absolute atomic E-state index is 0.0529. The number of aldehydes is 1. The summed E-state index contributed by atoms with van der Waals surface area (Å²) in [6, 6.07) is 10.3. The second kappa shape index (κ2) is 9.80. The molecule has 1 amide bonds. The van der Waals surface area contributed by atoms with Crippen molar-refractivity contribution in [1.29, 1.82) is 0 Å². The fourth-order valence-electron chi connectivity index (χ4n) is 4.26. The predicted molar refractivity (Wildman–Crippen MR) is 123 cm³/mol. The lowest BCUT2D eigenvalue weighted by atomic mass is 10.1. The zero-order chi connectivity index (χ0) is 24.4. The Morgan fingerprint density at radius 1 is 1.26 bits per heavy atom. The smallest absolute Gasteiger partial charge is 0.337 e. The third-order valence-corrected chi connectivity index (χ3v) is 6.18. The van der Waals surface area contributed by atoms with E-state index in [4.69, 9.17) is 16.3 Å². The number of hydrogen-bond acceptors (Lipinski definition) is 5. The van der Waals surface area contributed by atoms with E-state index in [0.29, 0.717) is 28.6 Å². The van der Waals surface area contributed by atoms with Crippen LogP contribution in [-0.4, -0.2) is 48.6 Å². The summed E-state index contributed by atoms with van der Waals surface area (Å²) >= 11 is 5.80. The summed E-state index contributed by atoms with van der Waals surface area (Å²) in [6.07, 6.45) is -0.639. The van der Waals surface area contributed by atoms with Gasteiger partial charge in [-0.2, -0.15) is 0 Å². The number of hydrogen-bond donors (Lipinski definition) is 1. The largest absolute Gasteiger partial charge is 0.465 e. The molecule has 1 aromatic heterocycles. The van der Waals surface area contributed by atoms with Crippen molar-refractivity contribution in [2.24, 2.45) is 0 Å². The Balaban J connectivity index is 1.64. The van der Waals surface area contributed by atoms with Gasteiger partial charge in [0.25, 0.3) is 0 Å². The number of esters is 1. The van der Waals surface area contributed by atoms with E-state index in [-0.39, 0.29) is 36.6 Å². The highest BCUT2D eigenvalue weighted by Gasteiger charge is 2.38. The number of nitrogens with zero attached hydrogens (tertiary/aromatic N) is 2. The fraction of sp³-hybridized carbons (Fsp3) is 0.292. The molecule has 2 aromatic carbocycles. The van der Waals surface area contributed by atoms with Gasteiger partial charge in [0.15, 0.2) is 0 Å². The molecule has 10 heteroatoms. The number of fused-ring (bicyclic) bond motifs is 1. The quantitative estimate of drug-likeness (QED) is 0.405. The molecule has 2 atom stereocenters. The van der Waals surface area contributed by atoms with E-state index in [1.807, 2.05) is 0 Å². The van der Waals surface area contributed by atoms with E-state index in [1.54, 1.807) is 39.8 Å². The van der Waals surface area contributed by atoms with E-state index in [0.717, 1.165) is 0 Å². The first-order valence-electron chi connectivity index (χ1n) is 10.6. The van der Waals surface area contributed by atoms with Crippen LogP contribution in [0, 0.1) is 5.82 Å². The summed E-state index contributed by atoms with van der Waals surface area (Å²) in [5.41, 5.74) is 1.09. The molecular weight excluding hydrogens is 468 g/mol. The van der Waals surface area contributed by atoms with Gasteiger partial charge in [-0.25, -0.2) is 13.6 Å². The molecule has 2 heterocycles. The summed E-state index contributed by atoms with van der Waals surface area (Å²) in [7, 11) is 1.27. The molecule has 0 saturated carbocycles. The molecule has 1 saturated heterocycles. The third-order valence-electron chi connectivity index (χ3n) is 5.89. The lowest BCUT2D eigenvalue weighted by molar-refractivity contribution is -0.122. The second-order valence-electron chi connectivity index (χ2n) is 7.98. The number of aromatic nitrogens is 1. The molecular formula is C24H22ClF2N3O4. The molecule has 7 nitrogen and oxygen atoms in total. The molecule has 0 radical (unpaired) electrons. The summed E-state index contributed by atoms with van der Waals surface area (Å²) in [5, 5.41) is 3.32. The number of carbonyl (C=O) groups excluding carboxylic acids is 3. The molecule has 178 valence electrons. The number of carbonyl (C=O) groups is 3. The van der Waals surface area contributed by atoms with E-state index >= 15 is 0 Å². The summed E-state index contributed by atoms with van der Waals surface area (Å²) in [5.74, 6) is -1.16. The van der Waals surface area contributed by atoms with Crippen molar-refractivity contribution in [3.63, 3.8) is 0 Å². The Morgan fingerprint density at radius 3 is 2.79 bits per heavy atom. The number of amides is 1. The minimum atomic E-state index is -1.27. The maximum Gasteiger partial charge on any atom is 0.337 e. The first-order valence-corrected chi connectivity index (χ1v) is 11.0. The Morgan fingerprint density at radius 2 is 2.06 bits per heavy atom. The van der Waals surface area contributed by atoms with Gasteiger partial charge < -0.3 is 24.3 Å². The highest BCUT2D eigenvalue weighted by Crippen LogP contribution is 2.33. The van der Waals surface area contributed by atoms with Crippen LogP contribution < -0.4 is 10.2 Å². The van der Waals surface area contributed by atoms with Crippen molar-refractivity contribution < 1.29 is 27.9 Å². The number of anilines is 1. The molecule has 0 aliphatic carbocycles. The van der Waals surface area contributed by atoms with Crippen molar-refractivity contribution in [3.05, 3.63) is 64.4 Å². The third kappa shape index (κ3) is 4.48. The van der Waals surface area contributed by atoms with Crippen molar-refractivity contribution in [1.82, 2.24) is 9.88 Å². The molecule has 0 bridgehead atoms. The van der Waals surface area contributed by atoms with Crippen molar-refractivity contribution in [3.8, 4) is 0 Å². The van der Waals surface area contributed by atoms with Crippen molar-refractivity contribution in [2.45, 2.75) is 31.7 Å². The number of benzene rings is 2. The Hall–Kier alpha value is -3.46. The fourth-order valence-corrected chi connectivity index (χ4v) is 4.45. The average molecular weight is 490 g/mol. The average Bonchev–Trinajstić information content (AvgIpc) is 3.39. The highest BCUT2D eigenvalue weighted by atomic mass is 35.5. The van der Waals surface area contributed by atoms with Crippen LogP contribution in [0.1, 0.15) is 22.3 Å². The van der Waals surface area contributed by atoms with Gasteiger partial charge in [0.05, 0.1) is 36.3 Å². The molecule has 1 N–H and O–H groups in total. The number of methoxy groups -OCH3 is 1. The number of ether oxygens (including phenoxy) is 1.